The number of aryl methyl sites for hydroxylation is 1. The Balaban J connectivity index is 1.39. The van der Waals surface area contributed by atoms with E-state index in [-0.39, 0.29) is 17.7 Å². The Labute approximate surface area is 232 Å². The number of carbonyl (C=O) groups is 1. The molecule has 39 heavy (non-hydrogen) atoms. The third-order valence-corrected chi connectivity index (χ3v) is 7.19. The number of hydrogen-bond acceptors (Lipinski definition) is 2. The zero-order valence-corrected chi connectivity index (χ0v) is 23.5. The van der Waals surface area contributed by atoms with Crippen LogP contribution in [-0.4, -0.2) is 5.97 Å². The molecule has 0 saturated heterocycles. The van der Waals surface area contributed by atoms with Gasteiger partial charge in [0.15, 0.2) is 0 Å². The van der Waals surface area contributed by atoms with E-state index in [2.05, 4.69) is 57.2 Å². The summed E-state index contributed by atoms with van der Waals surface area (Å²) < 4.78 is 20.8. The molecule has 0 heterocycles. The first-order valence-electron chi connectivity index (χ1n) is 14.1. The van der Waals surface area contributed by atoms with Crippen molar-refractivity contribution in [2.24, 2.45) is 5.92 Å². The van der Waals surface area contributed by atoms with Gasteiger partial charge in [0.25, 0.3) is 0 Å². The SMILES string of the molecule is CCCCCc1ccc(-c2ccc(-c3ccc(OC(=O)[C@H](C)c4ccc(CC(C)C)cc4)cc3)c(F)c2)cc1. The van der Waals surface area contributed by atoms with Crippen molar-refractivity contribution in [1.29, 1.82) is 0 Å². The van der Waals surface area contributed by atoms with Gasteiger partial charge in [0.1, 0.15) is 11.6 Å². The van der Waals surface area contributed by atoms with Crippen molar-refractivity contribution in [2.75, 3.05) is 0 Å². The summed E-state index contributed by atoms with van der Waals surface area (Å²) in [5.41, 5.74) is 6.62. The second-order valence-electron chi connectivity index (χ2n) is 10.9. The zero-order chi connectivity index (χ0) is 27.8. The van der Waals surface area contributed by atoms with Gasteiger partial charge in [0.2, 0.25) is 0 Å². The van der Waals surface area contributed by atoms with E-state index < -0.39 is 0 Å². The highest BCUT2D eigenvalue weighted by Gasteiger charge is 2.18. The lowest BCUT2D eigenvalue weighted by Crippen LogP contribution is -2.16. The standard InChI is InChI=1S/C36H39FO2/c1-5-6-7-8-27-9-15-30(16-10-27)32-19-22-34(35(37)24-32)31-17-20-33(21-18-31)39-36(38)26(4)29-13-11-28(12-14-29)23-25(2)3/h9-22,24-26H,5-8,23H2,1-4H3/t26-/m1/s1. The minimum Gasteiger partial charge on any atom is -0.426 e. The summed E-state index contributed by atoms with van der Waals surface area (Å²) in [4.78, 5) is 12.8. The van der Waals surface area contributed by atoms with Crippen LogP contribution in [0.25, 0.3) is 22.3 Å². The van der Waals surface area contributed by atoms with Gasteiger partial charge in [-0.3, -0.25) is 4.79 Å². The monoisotopic (exact) mass is 522 g/mol. The van der Waals surface area contributed by atoms with Crippen molar-refractivity contribution in [3.63, 3.8) is 0 Å². The van der Waals surface area contributed by atoms with E-state index in [1.807, 2.05) is 31.2 Å². The summed E-state index contributed by atoms with van der Waals surface area (Å²) >= 11 is 0. The van der Waals surface area contributed by atoms with E-state index in [0.717, 1.165) is 35.1 Å². The lowest BCUT2D eigenvalue weighted by Gasteiger charge is -2.13. The minimum absolute atomic E-state index is 0.279. The molecular weight excluding hydrogens is 483 g/mol. The molecule has 4 aromatic rings. The van der Waals surface area contributed by atoms with Crippen LogP contribution in [0.3, 0.4) is 0 Å². The molecule has 2 nitrogen and oxygen atoms in total. The molecule has 1 atom stereocenters. The predicted octanol–water partition coefficient (Wildman–Crippen LogP) is 9.80. The van der Waals surface area contributed by atoms with Gasteiger partial charge >= 0.3 is 5.97 Å². The van der Waals surface area contributed by atoms with Crippen molar-refractivity contribution < 1.29 is 13.9 Å². The van der Waals surface area contributed by atoms with Gasteiger partial charge in [-0.2, -0.15) is 0 Å². The molecule has 0 saturated carbocycles. The minimum atomic E-state index is -0.381. The molecule has 0 aliphatic heterocycles. The van der Waals surface area contributed by atoms with Crippen LogP contribution < -0.4 is 4.74 Å². The van der Waals surface area contributed by atoms with Crippen LogP contribution in [0, 0.1) is 11.7 Å². The van der Waals surface area contributed by atoms with E-state index in [4.69, 9.17) is 4.74 Å². The first-order valence-corrected chi connectivity index (χ1v) is 14.1. The quantitative estimate of drug-likeness (QED) is 0.111. The zero-order valence-electron chi connectivity index (χ0n) is 23.5. The smallest absolute Gasteiger partial charge is 0.318 e. The number of rotatable bonds is 11. The first-order chi connectivity index (χ1) is 18.8. The Bertz CT molecular complexity index is 1350. The van der Waals surface area contributed by atoms with Crippen molar-refractivity contribution in [3.05, 3.63) is 114 Å². The van der Waals surface area contributed by atoms with E-state index >= 15 is 4.39 Å². The summed E-state index contributed by atoms with van der Waals surface area (Å²) in [6.45, 7) is 8.44. The van der Waals surface area contributed by atoms with Crippen LogP contribution in [0.5, 0.6) is 5.75 Å². The predicted molar refractivity (Wildman–Crippen MR) is 160 cm³/mol. The Morgan fingerprint density at radius 3 is 1.97 bits per heavy atom. The molecule has 0 amide bonds. The highest BCUT2D eigenvalue weighted by Crippen LogP contribution is 2.30. The molecule has 0 aliphatic carbocycles. The van der Waals surface area contributed by atoms with Gasteiger partial charge in [0, 0.05) is 5.56 Å². The van der Waals surface area contributed by atoms with Crippen molar-refractivity contribution in [3.8, 4) is 28.0 Å². The molecule has 4 rings (SSSR count). The fourth-order valence-electron chi connectivity index (χ4n) is 4.83. The normalized spacial score (nSPS) is 11.9. The summed E-state index contributed by atoms with van der Waals surface area (Å²) in [6.07, 6.45) is 5.75. The Kier molecular flexibility index (Phi) is 9.70. The Morgan fingerprint density at radius 2 is 1.36 bits per heavy atom. The number of ether oxygens (including phenoxy) is 1. The molecule has 0 radical (unpaired) electrons. The van der Waals surface area contributed by atoms with E-state index in [9.17, 15) is 4.79 Å². The molecule has 0 unspecified atom stereocenters. The van der Waals surface area contributed by atoms with Crippen molar-refractivity contribution in [2.45, 2.75) is 65.7 Å². The molecular formula is C36H39FO2. The van der Waals surface area contributed by atoms with Gasteiger partial charge in [-0.25, -0.2) is 4.39 Å². The molecule has 0 N–H and O–H groups in total. The lowest BCUT2D eigenvalue weighted by atomic mass is 9.97. The van der Waals surface area contributed by atoms with Gasteiger partial charge in [-0.1, -0.05) is 106 Å². The number of esters is 1. The van der Waals surface area contributed by atoms with Crippen LogP contribution in [0.4, 0.5) is 4.39 Å². The fraction of sp³-hybridized carbons (Fsp3) is 0.306. The topological polar surface area (TPSA) is 26.3 Å². The largest absolute Gasteiger partial charge is 0.426 e. The number of benzene rings is 4. The van der Waals surface area contributed by atoms with Gasteiger partial charge in [-0.15, -0.1) is 0 Å². The first kappa shape index (κ1) is 28.3. The molecule has 0 fully saturated rings. The van der Waals surface area contributed by atoms with Gasteiger partial charge in [0.05, 0.1) is 5.92 Å². The Hall–Kier alpha value is -3.72. The second kappa shape index (κ2) is 13.4. The van der Waals surface area contributed by atoms with E-state index in [1.54, 1.807) is 30.3 Å². The van der Waals surface area contributed by atoms with Crippen LogP contribution >= 0.6 is 0 Å². The van der Waals surface area contributed by atoms with Gasteiger partial charge < -0.3 is 4.74 Å². The highest BCUT2D eigenvalue weighted by atomic mass is 19.1. The molecule has 0 bridgehead atoms. The maximum absolute atomic E-state index is 15.1. The van der Waals surface area contributed by atoms with E-state index in [1.165, 1.54) is 30.4 Å². The van der Waals surface area contributed by atoms with Crippen molar-refractivity contribution in [1.82, 2.24) is 0 Å². The third-order valence-electron chi connectivity index (χ3n) is 7.19. The van der Waals surface area contributed by atoms with Crippen LogP contribution in [-0.2, 0) is 17.6 Å². The maximum atomic E-state index is 15.1. The molecule has 0 aliphatic rings. The average molecular weight is 523 g/mol. The number of halogens is 1. The van der Waals surface area contributed by atoms with Crippen LogP contribution in [0.2, 0.25) is 0 Å². The third kappa shape index (κ3) is 7.66. The summed E-state index contributed by atoms with van der Waals surface area (Å²) in [5, 5.41) is 0. The lowest BCUT2D eigenvalue weighted by molar-refractivity contribution is -0.135. The molecule has 202 valence electrons. The average Bonchev–Trinajstić information content (AvgIpc) is 2.94. The Morgan fingerprint density at radius 1 is 0.744 bits per heavy atom. The summed E-state index contributed by atoms with van der Waals surface area (Å²) in [6, 6.07) is 28.9. The van der Waals surface area contributed by atoms with Crippen molar-refractivity contribution >= 4 is 5.97 Å². The number of hydrogen-bond donors (Lipinski definition) is 0. The molecule has 3 heteroatoms. The number of carbonyl (C=O) groups excluding carboxylic acids is 1. The fourth-order valence-corrected chi connectivity index (χ4v) is 4.83. The highest BCUT2D eigenvalue weighted by molar-refractivity contribution is 5.80. The summed E-state index contributed by atoms with van der Waals surface area (Å²) in [5.74, 6) is 0.0613. The molecule has 0 aromatic heterocycles. The summed E-state index contributed by atoms with van der Waals surface area (Å²) in [7, 11) is 0. The van der Waals surface area contributed by atoms with Crippen LogP contribution in [0.1, 0.15) is 69.6 Å². The second-order valence-corrected chi connectivity index (χ2v) is 10.9. The van der Waals surface area contributed by atoms with Crippen LogP contribution in [0.15, 0.2) is 91.0 Å². The maximum Gasteiger partial charge on any atom is 0.318 e. The molecule has 4 aromatic carbocycles. The van der Waals surface area contributed by atoms with Gasteiger partial charge in [-0.05, 0) is 83.7 Å². The van der Waals surface area contributed by atoms with E-state index in [0.29, 0.717) is 17.2 Å². The number of unbranched alkanes of at least 4 members (excludes halogenated alkanes) is 2. The molecule has 0 spiro atoms.